The van der Waals surface area contributed by atoms with Gasteiger partial charge in [-0.05, 0) is 68.2 Å². The molecular formula is C25H33N7O. The number of ether oxygens (including phenoxy) is 1. The van der Waals surface area contributed by atoms with Gasteiger partial charge in [0, 0.05) is 31.7 Å². The van der Waals surface area contributed by atoms with E-state index in [0.29, 0.717) is 6.54 Å². The lowest BCUT2D eigenvalue weighted by Gasteiger charge is -2.29. The van der Waals surface area contributed by atoms with Crippen molar-refractivity contribution >= 4 is 5.96 Å². The summed E-state index contributed by atoms with van der Waals surface area (Å²) in [5.74, 6) is 2.54. The normalized spacial score (nSPS) is 15.4. The molecule has 0 bridgehead atoms. The van der Waals surface area contributed by atoms with Crippen LogP contribution < -0.4 is 15.4 Å². The molecule has 0 saturated carbocycles. The van der Waals surface area contributed by atoms with Crippen LogP contribution in [0.4, 0.5) is 0 Å². The van der Waals surface area contributed by atoms with E-state index in [9.17, 15) is 0 Å². The highest BCUT2D eigenvalue weighted by Gasteiger charge is 2.24. The predicted octanol–water partition coefficient (Wildman–Crippen LogP) is 3.17. The number of guanidine groups is 1. The Balaban J connectivity index is 1.46. The van der Waals surface area contributed by atoms with Gasteiger partial charge < -0.3 is 15.4 Å². The van der Waals surface area contributed by atoms with Crippen molar-refractivity contribution in [1.29, 1.82) is 0 Å². The molecule has 8 nitrogen and oxygen atoms in total. The topological polar surface area (TPSA) is 79.6 Å². The molecule has 174 valence electrons. The second-order valence-electron chi connectivity index (χ2n) is 8.10. The lowest BCUT2D eigenvalue weighted by atomic mass is 10.1. The maximum absolute atomic E-state index is 5.47. The van der Waals surface area contributed by atoms with Crippen molar-refractivity contribution in [2.24, 2.45) is 4.99 Å². The molecule has 2 N–H and O–H groups in total. The van der Waals surface area contributed by atoms with Crippen LogP contribution in [0.15, 0.2) is 66.3 Å². The van der Waals surface area contributed by atoms with Gasteiger partial charge in [-0.1, -0.05) is 12.1 Å². The van der Waals surface area contributed by atoms with E-state index >= 15 is 0 Å². The molecule has 0 aliphatic carbocycles. The molecule has 0 amide bonds. The average molecular weight is 448 g/mol. The number of nitrogens with zero attached hydrogens (tertiary/aromatic N) is 5. The third-order valence-corrected chi connectivity index (χ3v) is 5.87. The highest BCUT2D eigenvalue weighted by Crippen LogP contribution is 2.27. The van der Waals surface area contributed by atoms with Gasteiger partial charge >= 0.3 is 0 Å². The lowest BCUT2D eigenvalue weighted by Crippen LogP contribution is -2.42. The molecule has 0 radical (unpaired) electrons. The van der Waals surface area contributed by atoms with Crippen molar-refractivity contribution in [1.82, 2.24) is 30.1 Å². The number of pyridine rings is 1. The van der Waals surface area contributed by atoms with Crippen molar-refractivity contribution in [2.45, 2.75) is 32.4 Å². The van der Waals surface area contributed by atoms with Crippen molar-refractivity contribution in [3.63, 3.8) is 0 Å². The van der Waals surface area contributed by atoms with Crippen molar-refractivity contribution < 1.29 is 4.74 Å². The van der Waals surface area contributed by atoms with E-state index in [1.165, 1.54) is 18.4 Å². The minimum atomic E-state index is 0.264. The minimum Gasteiger partial charge on any atom is -0.497 e. The molecule has 33 heavy (non-hydrogen) atoms. The molecule has 1 fully saturated rings. The van der Waals surface area contributed by atoms with E-state index in [1.54, 1.807) is 19.6 Å². The van der Waals surface area contributed by atoms with Gasteiger partial charge in [-0.2, -0.15) is 0 Å². The van der Waals surface area contributed by atoms with Gasteiger partial charge in [-0.25, -0.2) is 15.0 Å². The zero-order valence-corrected chi connectivity index (χ0v) is 19.4. The summed E-state index contributed by atoms with van der Waals surface area (Å²) >= 11 is 0. The highest BCUT2D eigenvalue weighted by molar-refractivity contribution is 5.79. The Labute approximate surface area is 195 Å². The van der Waals surface area contributed by atoms with Gasteiger partial charge in [-0.15, -0.1) is 0 Å². The number of aromatic nitrogens is 3. The quantitative estimate of drug-likeness (QED) is 0.387. The van der Waals surface area contributed by atoms with Gasteiger partial charge in [-0.3, -0.25) is 9.47 Å². The number of methoxy groups -OCH3 is 1. The summed E-state index contributed by atoms with van der Waals surface area (Å²) in [5.41, 5.74) is 2.36. The van der Waals surface area contributed by atoms with E-state index in [0.717, 1.165) is 49.3 Å². The maximum atomic E-state index is 5.47. The number of imidazole rings is 1. The summed E-state index contributed by atoms with van der Waals surface area (Å²) in [6.07, 6.45) is 9.69. The van der Waals surface area contributed by atoms with Crippen LogP contribution in [-0.4, -0.2) is 58.7 Å². The molecule has 3 heterocycles. The molecule has 1 atom stereocenters. The van der Waals surface area contributed by atoms with Gasteiger partial charge in [0.05, 0.1) is 19.7 Å². The molecule has 1 saturated heterocycles. The Morgan fingerprint density at radius 2 is 2.03 bits per heavy atom. The Kier molecular flexibility index (Phi) is 7.92. The van der Waals surface area contributed by atoms with E-state index in [-0.39, 0.29) is 6.04 Å². The summed E-state index contributed by atoms with van der Waals surface area (Å²) in [7, 11) is 1.72. The Hall–Kier alpha value is -3.39. The fraction of sp³-hybridized carbons (Fsp3) is 0.400. The molecular weight excluding hydrogens is 414 g/mol. The first-order chi connectivity index (χ1) is 16.3. The van der Waals surface area contributed by atoms with Crippen LogP contribution in [-0.2, 0) is 6.54 Å². The van der Waals surface area contributed by atoms with Gasteiger partial charge in [0.2, 0.25) is 0 Å². The lowest BCUT2D eigenvalue weighted by molar-refractivity contribution is 0.245. The average Bonchev–Trinajstić information content (AvgIpc) is 3.58. The number of hydrogen-bond acceptors (Lipinski definition) is 5. The van der Waals surface area contributed by atoms with Crippen LogP contribution in [0.25, 0.3) is 5.82 Å². The molecule has 3 aromatic rings. The first-order valence-corrected chi connectivity index (χ1v) is 11.6. The highest BCUT2D eigenvalue weighted by atomic mass is 16.5. The third-order valence-electron chi connectivity index (χ3n) is 5.87. The van der Waals surface area contributed by atoms with E-state index in [2.05, 4.69) is 50.6 Å². The predicted molar refractivity (Wildman–Crippen MR) is 131 cm³/mol. The van der Waals surface area contributed by atoms with Gasteiger partial charge in [0.15, 0.2) is 5.96 Å². The summed E-state index contributed by atoms with van der Waals surface area (Å²) in [6.45, 7) is 6.45. The fourth-order valence-corrected chi connectivity index (χ4v) is 4.16. The van der Waals surface area contributed by atoms with Crippen LogP contribution >= 0.6 is 0 Å². The first kappa shape index (κ1) is 22.8. The van der Waals surface area contributed by atoms with Gasteiger partial charge in [0.1, 0.15) is 17.9 Å². The summed E-state index contributed by atoms with van der Waals surface area (Å²) in [5, 5.41) is 6.95. The first-order valence-electron chi connectivity index (χ1n) is 11.6. The third kappa shape index (κ3) is 6.10. The van der Waals surface area contributed by atoms with Crippen molar-refractivity contribution in [3.05, 3.63) is 72.4 Å². The molecule has 2 aromatic heterocycles. The second kappa shape index (κ2) is 11.5. The minimum absolute atomic E-state index is 0.264. The summed E-state index contributed by atoms with van der Waals surface area (Å²) < 4.78 is 7.36. The van der Waals surface area contributed by atoms with Crippen LogP contribution in [0.3, 0.4) is 0 Å². The number of benzene rings is 1. The molecule has 4 rings (SSSR count). The largest absolute Gasteiger partial charge is 0.497 e. The number of likely N-dealkylation sites (tertiary alicyclic amines) is 1. The van der Waals surface area contributed by atoms with Crippen molar-refractivity contribution in [3.8, 4) is 11.6 Å². The van der Waals surface area contributed by atoms with E-state index in [4.69, 9.17) is 9.73 Å². The van der Waals surface area contributed by atoms with Crippen LogP contribution in [0, 0.1) is 0 Å². The SMILES string of the molecule is CCNC(=NCc1ccnc(-n2ccnc2)c1)NCC(c1cccc(OC)c1)N1CCCC1. The zero-order chi connectivity index (χ0) is 22.9. The van der Waals surface area contributed by atoms with E-state index in [1.807, 2.05) is 35.2 Å². The number of aliphatic imine (C=N–C) groups is 1. The fourth-order valence-electron chi connectivity index (χ4n) is 4.16. The molecule has 8 heteroatoms. The zero-order valence-electron chi connectivity index (χ0n) is 19.4. The summed E-state index contributed by atoms with van der Waals surface area (Å²) in [4.78, 5) is 15.9. The molecule has 1 unspecified atom stereocenters. The van der Waals surface area contributed by atoms with Gasteiger partial charge in [0.25, 0.3) is 0 Å². The number of rotatable bonds is 9. The Morgan fingerprint density at radius 3 is 2.79 bits per heavy atom. The molecule has 0 spiro atoms. The molecule has 1 aliphatic heterocycles. The number of hydrogen-bond donors (Lipinski definition) is 2. The molecule has 1 aliphatic rings. The van der Waals surface area contributed by atoms with Crippen molar-refractivity contribution in [2.75, 3.05) is 33.3 Å². The molecule has 1 aromatic carbocycles. The van der Waals surface area contributed by atoms with Crippen LogP contribution in [0.2, 0.25) is 0 Å². The van der Waals surface area contributed by atoms with E-state index < -0.39 is 0 Å². The van der Waals surface area contributed by atoms with Crippen LogP contribution in [0.5, 0.6) is 5.75 Å². The second-order valence-corrected chi connectivity index (χ2v) is 8.10. The Bertz CT molecular complexity index is 1030. The van der Waals surface area contributed by atoms with Crippen LogP contribution in [0.1, 0.15) is 36.9 Å². The standard InChI is InChI=1S/C25H33N7O/c1-3-27-25(29-17-20-9-10-28-24(15-20)32-14-11-26-19-32)30-18-23(31-12-4-5-13-31)21-7-6-8-22(16-21)33-2/h6-11,14-16,19,23H,3-5,12-13,17-18H2,1-2H3,(H2,27,29,30). The maximum Gasteiger partial charge on any atom is 0.191 e. The monoisotopic (exact) mass is 447 g/mol. The number of nitrogens with one attached hydrogen (secondary N) is 2. The Morgan fingerprint density at radius 1 is 1.15 bits per heavy atom. The summed E-state index contributed by atoms with van der Waals surface area (Å²) in [6, 6.07) is 12.7. The smallest absolute Gasteiger partial charge is 0.191 e.